The lowest BCUT2D eigenvalue weighted by molar-refractivity contribution is 0.197. The lowest BCUT2D eigenvalue weighted by Crippen LogP contribution is -2.38. The molecule has 106 valence electrons. The van der Waals surface area contributed by atoms with Crippen LogP contribution in [0.25, 0.3) is 0 Å². The van der Waals surface area contributed by atoms with Gasteiger partial charge in [-0.3, -0.25) is 4.90 Å². The number of amidine groups is 1. The van der Waals surface area contributed by atoms with E-state index in [1.165, 1.54) is 38.6 Å². The average molecular weight is 255 g/mol. The van der Waals surface area contributed by atoms with Crippen molar-refractivity contribution in [1.82, 2.24) is 4.90 Å². The first kappa shape index (κ1) is 15.3. The lowest BCUT2D eigenvalue weighted by Gasteiger charge is -2.29. The molecule has 4 nitrogen and oxygen atoms in total. The van der Waals surface area contributed by atoms with Crippen molar-refractivity contribution in [1.29, 1.82) is 0 Å². The standard InChI is InChI=1S/C14H29N3O/c1-3-6-12-7-5-9-17(10-8-12)13(4-2)11-14(15)16-18/h12-13,18H,3-11H2,1-2H3,(H2,15,16). The molecule has 0 aromatic heterocycles. The van der Waals surface area contributed by atoms with Gasteiger partial charge >= 0.3 is 0 Å². The highest BCUT2D eigenvalue weighted by Gasteiger charge is 2.22. The van der Waals surface area contributed by atoms with Gasteiger partial charge in [0.1, 0.15) is 5.84 Å². The Labute approximate surface area is 111 Å². The summed E-state index contributed by atoms with van der Waals surface area (Å²) in [5.41, 5.74) is 5.64. The Hall–Kier alpha value is -0.770. The second-order valence-corrected chi connectivity index (χ2v) is 5.48. The number of hydrogen-bond donors (Lipinski definition) is 2. The molecule has 0 aliphatic carbocycles. The lowest BCUT2D eigenvalue weighted by atomic mass is 9.96. The molecule has 2 atom stereocenters. The topological polar surface area (TPSA) is 61.8 Å². The molecule has 0 spiro atoms. The second kappa shape index (κ2) is 8.35. The zero-order valence-electron chi connectivity index (χ0n) is 11.9. The third kappa shape index (κ3) is 4.84. The molecule has 0 amide bonds. The van der Waals surface area contributed by atoms with E-state index in [2.05, 4.69) is 23.9 Å². The van der Waals surface area contributed by atoms with Gasteiger partial charge in [0.25, 0.3) is 0 Å². The van der Waals surface area contributed by atoms with Gasteiger partial charge in [0, 0.05) is 12.5 Å². The Morgan fingerprint density at radius 2 is 2.17 bits per heavy atom. The van der Waals surface area contributed by atoms with E-state index < -0.39 is 0 Å². The first-order valence-electron chi connectivity index (χ1n) is 7.41. The maximum absolute atomic E-state index is 8.69. The Kier molecular flexibility index (Phi) is 7.09. The van der Waals surface area contributed by atoms with Crippen molar-refractivity contribution in [3.63, 3.8) is 0 Å². The van der Waals surface area contributed by atoms with Gasteiger partial charge < -0.3 is 10.9 Å². The summed E-state index contributed by atoms with van der Waals surface area (Å²) < 4.78 is 0. The molecule has 1 aliphatic heterocycles. The van der Waals surface area contributed by atoms with E-state index in [1.807, 2.05) is 0 Å². The van der Waals surface area contributed by atoms with E-state index in [0.29, 0.717) is 18.3 Å². The second-order valence-electron chi connectivity index (χ2n) is 5.48. The quantitative estimate of drug-likeness (QED) is 0.332. The van der Waals surface area contributed by atoms with Crippen molar-refractivity contribution in [3.05, 3.63) is 0 Å². The third-order valence-electron chi connectivity index (χ3n) is 4.14. The van der Waals surface area contributed by atoms with Gasteiger partial charge in [-0.05, 0) is 44.7 Å². The number of oxime groups is 1. The van der Waals surface area contributed by atoms with Crippen molar-refractivity contribution in [3.8, 4) is 0 Å². The molecule has 0 saturated carbocycles. The van der Waals surface area contributed by atoms with E-state index in [0.717, 1.165) is 18.9 Å². The molecular formula is C14H29N3O. The van der Waals surface area contributed by atoms with Crippen molar-refractivity contribution in [2.24, 2.45) is 16.8 Å². The van der Waals surface area contributed by atoms with Crippen LogP contribution in [-0.4, -0.2) is 35.1 Å². The highest BCUT2D eigenvalue weighted by molar-refractivity contribution is 5.80. The highest BCUT2D eigenvalue weighted by atomic mass is 16.4. The minimum absolute atomic E-state index is 0.358. The van der Waals surface area contributed by atoms with Gasteiger partial charge in [-0.15, -0.1) is 0 Å². The van der Waals surface area contributed by atoms with E-state index >= 15 is 0 Å². The van der Waals surface area contributed by atoms with Gasteiger partial charge in [-0.25, -0.2) is 0 Å². The van der Waals surface area contributed by atoms with Crippen LogP contribution in [0.2, 0.25) is 0 Å². The summed E-state index contributed by atoms with van der Waals surface area (Å²) in [7, 11) is 0. The van der Waals surface area contributed by atoms with Crippen LogP contribution in [0.5, 0.6) is 0 Å². The fourth-order valence-electron chi connectivity index (χ4n) is 3.06. The number of nitrogens with two attached hydrogens (primary N) is 1. The maximum Gasteiger partial charge on any atom is 0.140 e. The molecule has 18 heavy (non-hydrogen) atoms. The molecule has 3 N–H and O–H groups in total. The molecule has 2 unspecified atom stereocenters. The van der Waals surface area contributed by atoms with Crippen LogP contribution in [0, 0.1) is 5.92 Å². The molecule has 0 aromatic rings. The summed E-state index contributed by atoms with van der Waals surface area (Å²) in [4.78, 5) is 2.54. The van der Waals surface area contributed by atoms with E-state index in [1.54, 1.807) is 0 Å². The Morgan fingerprint density at radius 3 is 2.78 bits per heavy atom. The summed E-state index contributed by atoms with van der Waals surface area (Å²) >= 11 is 0. The zero-order chi connectivity index (χ0) is 13.4. The van der Waals surface area contributed by atoms with Crippen LogP contribution < -0.4 is 5.73 Å². The Morgan fingerprint density at radius 1 is 1.39 bits per heavy atom. The molecular weight excluding hydrogens is 226 g/mol. The monoisotopic (exact) mass is 255 g/mol. The molecule has 1 rings (SSSR count). The first-order valence-corrected chi connectivity index (χ1v) is 7.41. The summed E-state index contributed by atoms with van der Waals surface area (Å²) in [5.74, 6) is 1.26. The molecule has 0 radical (unpaired) electrons. The Bertz CT molecular complexity index is 255. The normalized spacial score (nSPS) is 24.8. The highest BCUT2D eigenvalue weighted by Crippen LogP contribution is 2.24. The van der Waals surface area contributed by atoms with Crippen LogP contribution in [0.4, 0.5) is 0 Å². The fourth-order valence-corrected chi connectivity index (χ4v) is 3.06. The molecule has 0 bridgehead atoms. The van der Waals surface area contributed by atoms with Crippen molar-refractivity contribution in [2.45, 2.75) is 64.8 Å². The zero-order valence-corrected chi connectivity index (χ0v) is 11.9. The maximum atomic E-state index is 8.69. The van der Waals surface area contributed by atoms with Gasteiger partial charge in [-0.1, -0.05) is 31.8 Å². The number of hydrogen-bond acceptors (Lipinski definition) is 3. The largest absolute Gasteiger partial charge is 0.409 e. The summed E-state index contributed by atoms with van der Waals surface area (Å²) in [6.07, 6.45) is 8.37. The third-order valence-corrected chi connectivity index (χ3v) is 4.14. The SMILES string of the molecule is CCCC1CCCN(C(CC)CC(N)=NO)CC1. The van der Waals surface area contributed by atoms with E-state index in [9.17, 15) is 0 Å². The summed E-state index contributed by atoms with van der Waals surface area (Å²) in [5, 5.41) is 11.8. The van der Waals surface area contributed by atoms with Crippen LogP contribution in [-0.2, 0) is 0 Å². The van der Waals surface area contributed by atoms with Crippen molar-refractivity contribution < 1.29 is 5.21 Å². The van der Waals surface area contributed by atoms with Crippen LogP contribution in [0.15, 0.2) is 5.16 Å². The van der Waals surface area contributed by atoms with Crippen LogP contribution in [0.3, 0.4) is 0 Å². The van der Waals surface area contributed by atoms with Gasteiger partial charge in [0.05, 0.1) is 0 Å². The molecule has 1 saturated heterocycles. The predicted molar refractivity (Wildman–Crippen MR) is 75.9 cm³/mol. The minimum atomic E-state index is 0.358. The Balaban J connectivity index is 2.48. The van der Waals surface area contributed by atoms with Crippen molar-refractivity contribution in [2.75, 3.05) is 13.1 Å². The van der Waals surface area contributed by atoms with E-state index in [-0.39, 0.29) is 0 Å². The summed E-state index contributed by atoms with van der Waals surface area (Å²) in [6, 6.07) is 0.432. The fraction of sp³-hybridized carbons (Fsp3) is 0.929. The molecule has 1 heterocycles. The van der Waals surface area contributed by atoms with Gasteiger partial charge in [0.2, 0.25) is 0 Å². The molecule has 1 fully saturated rings. The van der Waals surface area contributed by atoms with Crippen molar-refractivity contribution >= 4 is 5.84 Å². The average Bonchev–Trinajstić information content (AvgIpc) is 2.62. The smallest absolute Gasteiger partial charge is 0.140 e. The van der Waals surface area contributed by atoms with Crippen LogP contribution in [0.1, 0.15) is 58.8 Å². The number of nitrogens with zero attached hydrogens (tertiary/aromatic N) is 2. The molecule has 0 aromatic carbocycles. The van der Waals surface area contributed by atoms with Gasteiger partial charge in [-0.2, -0.15) is 0 Å². The molecule has 4 heteroatoms. The predicted octanol–water partition coefficient (Wildman–Crippen LogP) is 2.80. The minimum Gasteiger partial charge on any atom is -0.409 e. The number of likely N-dealkylation sites (tertiary alicyclic amines) is 1. The summed E-state index contributed by atoms with van der Waals surface area (Å²) in [6.45, 7) is 6.79. The van der Waals surface area contributed by atoms with Crippen LogP contribution >= 0.6 is 0 Å². The van der Waals surface area contributed by atoms with Gasteiger partial charge in [0.15, 0.2) is 0 Å². The van der Waals surface area contributed by atoms with E-state index in [4.69, 9.17) is 10.9 Å². The first-order chi connectivity index (χ1) is 8.71. The molecule has 1 aliphatic rings. The number of rotatable bonds is 6.